The third-order valence-corrected chi connectivity index (χ3v) is 3.94. The Bertz CT molecular complexity index is 594. The first-order valence-corrected chi connectivity index (χ1v) is 8.04. The van der Waals surface area contributed by atoms with Gasteiger partial charge >= 0.3 is 0 Å². The van der Waals surface area contributed by atoms with E-state index in [2.05, 4.69) is 29.5 Å². The van der Waals surface area contributed by atoms with Crippen LogP contribution in [0.25, 0.3) is 0 Å². The highest BCUT2D eigenvalue weighted by Gasteiger charge is 2.11. The van der Waals surface area contributed by atoms with Gasteiger partial charge in [0.25, 0.3) is 5.91 Å². The molecule has 0 bridgehead atoms. The second-order valence-electron chi connectivity index (χ2n) is 5.11. The van der Waals surface area contributed by atoms with E-state index in [1.54, 1.807) is 17.4 Å². The van der Waals surface area contributed by atoms with E-state index in [0.29, 0.717) is 12.1 Å². The van der Waals surface area contributed by atoms with Crippen LogP contribution in [0.4, 0.5) is 5.82 Å². The molecule has 2 N–H and O–H groups in total. The first-order valence-electron chi connectivity index (χ1n) is 7.16. The molecule has 2 rings (SSSR count). The zero-order valence-corrected chi connectivity index (χ0v) is 13.5. The molecule has 2 aromatic heterocycles. The summed E-state index contributed by atoms with van der Waals surface area (Å²) in [5.41, 5.74) is 1.58. The number of nitrogens with one attached hydrogen (secondary N) is 2. The van der Waals surface area contributed by atoms with Crippen LogP contribution < -0.4 is 10.6 Å². The quantitative estimate of drug-likeness (QED) is 0.857. The summed E-state index contributed by atoms with van der Waals surface area (Å²) in [7, 11) is 0. The van der Waals surface area contributed by atoms with Crippen LogP contribution in [0, 0.1) is 0 Å². The predicted molar refractivity (Wildman–Crippen MR) is 88.0 cm³/mol. The molecule has 112 valence electrons. The maximum atomic E-state index is 12.3. The summed E-state index contributed by atoms with van der Waals surface area (Å²) in [6.45, 7) is 7.51. The fourth-order valence-electron chi connectivity index (χ4n) is 1.93. The standard InChI is InChI=1S/C16H21N3OS/c1-4-17-15-9-12(8-14(19-15)11(2)3)16(20)18-10-13-6-5-7-21-13/h5-9,11H,4,10H2,1-3H3,(H,17,19)(H,18,20). The number of carbonyl (C=O) groups is 1. The number of anilines is 1. The largest absolute Gasteiger partial charge is 0.370 e. The summed E-state index contributed by atoms with van der Waals surface area (Å²) >= 11 is 1.64. The minimum absolute atomic E-state index is 0.0631. The minimum Gasteiger partial charge on any atom is -0.370 e. The fourth-order valence-corrected chi connectivity index (χ4v) is 2.58. The molecule has 2 aromatic rings. The maximum absolute atomic E-state index is 12.3. The van der Waals surface area contributed by atoms with Gasteiger partial charge in [-0.25, -0.2) is 4.98 Å². The normalized spacial score (nSPS) is 10.7. The first kappa shape index (κ1) is 15.5. The summed E-state index contributed by atoms with van der Waals surface area (Å²) in [5, 5.41) is 8.14. The van der Waals surface area contributed by atoms with Gasteiger partial charge in [-0.15, -0.1) is 11.3 Å². The average molecular weight is 303 g/mol. The first-order chi connectivity index (χ1) is 10.1. The molecule has 0 saturated heterocycles. The van der Waals surface area contributed by atoms with Crippen molar-refractivity contribution in [3.63, 3.8) is 0 Å². The molecule has 0 radical (unpaired) electrons. The van der Waals surface area contributed by atoms with Crippen LogP contribution in [0.15, 0.2) is 29.6 Å². The smallest absolute Gasteiger partial charge is 0.251 e. The van der Waals surface area contributed by atoms with E-state index < -0.39 is 0 Å². The van der Waals surface area contributed by atoms with Crippen LogP contribution in [0.3, 0.4) is 0 Å². The highest BCUT2D eigenvalue weighted by molar-refractivity contribution is 7.09. The molecular formula is C16H21N3OS. The van der Waals surface area contributed by atoms with Gasteiger partial charge in [-0.3, -0.25) is 4.79 Å². The summed E-state index contributed by atoms with van der Waals surface area (Å²) in [6, 6.07) is 7.67. The number of aromatic nitrogens is 1. The lowest BCUT2D eigenvalue weighted by Gasteiger charge is -2.12. The molecule has 0 atom stereocenters. The van der Waals surface area contributed by atoms with Crippen LogP contribution in [-0.2, 0) is 6.54 Å². The lowest BCUT2D eigenvalue weighted by molar-refractivity contribution is 0.0951. The van der Waals surface area contributed by atoms with Gasteiger partial charge in [0.15, 0.2) is 0 Å². The van der Waals surface area contributed by atoms with Gasteiger partial charge in [0.1, 0.15) is 5.82 Å². The molecule has 0 aliphatic carbocycles. The SMILES string of the molecule is CCNc1cc(C(=O)NCc2cccs2)cc(C(C)C)n1. The molecule has 0 spiro atoms. The Labute approximate surface area is 129 Å². The van der Waals surface area contributed by atoms with Crippen LogP contribution in [0.2, 0.25) is 0 Å². The topological polar surface area (TPSA) is 54.0 Å². The molecular weight excluding hydrogens is 282 g/mol. The van der Waals surface area contributed by atoms with Crippen molar-refractivity contribution in [1.29, 1.82) is 0 Å². The molecule has 0 aromatic carbocycles. The summed E-state index contributed by atoms with van der Waals surface area (Å²) < 4.78 is 0. The van der Waals surface area contributed by atoms with Crippen LogP contribution >= 0.6 is 11.3 Å². The van der Waals surface area contributed by atoms with Crippen molar-refractivity contribution in [2.24, 2.45) is 0 Å². The molecule has 0 aliphatic heterocycles. The molecule has 0 fully saturated rings. The number of hydrogen-bond acceptors (Lipinski definition) is 4. The number of hydrogen-bond donors (Lipinski definition) is 2. The molecule has 0 unspecified atom stereocenters. The average Bonchev–Trinajstić information content (AvgIpc) is 2.98. The summed E-state index contributed by atoms with van der Waals surface area (Å²) in [5.74, 6) is 0.976. The molecule has 1 amide bonds. The maximum Gasteiger partial charge on any atom is 0.251 e. The zero-order chi connectivity index (χ0) is 15.2. The predicted octanol–water partition coefficient (Wildman–Crippen LogP) is 3.63. The van der Waals surface area contributed by atoms with Crippen molar-refractivity contribution in [1.82, 2.24) is 10.3 Å². The van der Waals surface area contributed by atoms with Crippen molar-refractivity contribution >= 4 is 23.1 Å². The fraction of sp³-hybridized carbons (Fsp3) is 0.375. The Morgan fingerprint density at radius 1 is 1.38 bits per heavy atom. The Morgan fingerprint density at radius 2 is 2.19 bits per heavy atom. The Hall–Kier alpha value is -1.88. The summed E-state index contributed by atoms with van der Waals surface area (Å²) in [4.78, 5) is 18.0. The van der Waals surface area contributed by atoms with Gasteiger partial charge in [-0.2, -0.15) is 0 Å². The van der Waals surface area contributed by atoms with E-state index in [-0.39, 0.29) is 11.8 Å². The van der Waals surface area contributed by atoms with Gasteiger partial charge in [-0.1, -0.05) is 19.9 Å². The Kier molecular flexibility index (Phi) is 5.33. The Morgan fingerprint density at radius 3 is 2.81 bits per heavy atom. The van der Waals surface area contributed by atoms with Gasteiger partial charge in [0.2, 0.25) is 0 Å². The third-order valence-electron chi connectivity index (χ3n) is 3.06. The molecule has 0 aliphatic rings. The second kappa shape index (κ2) is 7.22. The molecule has 5 heteroatoms. The number of pyridine rings is 1. The monoisotopic (exact) mass is 303 g/mol. The number of amides is 1. The van der Waals surface area contributed by atoms with Crippen LogP contribution in [0.1, 0.15) is 47.6 Å². The van der Waals surface area contributed by atoms with Crippen LogP contribution in [-0.4, -0.2) is 17.4 Å². The highest BCUT2D eigenvalue weighted by atomic mass is 32.1. The molecule has 21 heavy (non-hydrogen) atoms. The summed E-state index contributed by atoms with van der Waals surface area (Å²) in [6.07, 6.45) is 0. The van der Waals surface area contributed by atoms with E-state index in [0.717, 1.165) is 22.9 Å². The molecule has 0 saturated carbocycles. The number of rotatable bonds is 6. The van der Waals surface area contributed by atoms with Gasteiger partial charge in [0.05, 0.1) is 6.54 Å². The van der Waals surface area contributed by atoms with Gasteiger partial charge in [0, 0.05) is 22.7 Å². The van der Waals surface area contributed by atoms with Crippen molar-refractivity contribution < 1.29 is 4.79 Å². The molecule has 2 heterocycles. The van der Waals surface area contributed by atoms with Gasteiger partial charge in [-0.05, 0) is 36.4 Å². The van der Waals surface area contributed by atoms with Crippen molar-refractivity contribution in [2.75, 3.05) is 11.9 Å². The number of carbonyl (C=O) groups excluding carboxylic acids is 1. The van der Waals surface area contributed by atoms with Crippen molar-refractivity contribution in [3.8, 4) is 0 Å². The van der Waals surface area contributed by atoms with E-state index in [4.69, 9.17) is 0 Å². The van der Waals surface area contributed by atoms with E-state index >= 15 is 0 Å². The Balaban J connectivity index is 2.14. The number of nitrogens with zero attached hydrogens (tertiary/aromatic N) is 1. The molecule has 4 nitrogen and oxygen atoms in total. The lowest BCUT2D eigenvalue weighted by Crippen LogP contribution is -2.23. The lowest BCUT2D eigenvalue weighted by atomic mass is 10.1. The van der Waals surface area contributed by atoms with Crippen molar-refractivity contribution in [3.05, 3.63) is 45.8 Å². The number of thiophene rings is 1. The second-order valence-corrected chi connectivity index (χ2v) is 6.15. The third kappa shape index (κ3) is 4.29. The van der Waals surface area contributed by atoms with E-state index in [1.807, 2.05) is 30.5 Å². The van der Waals surface area contributed by atoms with E-state index in [9.17, 15) is 4.79 Å². The van der Waals surface area contributed by atoms with Gasteiger partial charge < -0.3 is 10.6 Å². The van der Waals surface area contributed by atoms with Crippen molar-refractivity contribution in [2.45, 2.75) is 33.2 Å². The van der Waals surface area contributed by atoms with Crippen LogP contribution in [0.5, 0.6) is 0 Å². The van der Waals surface area contributed by atoms with E-state index in [1.165, 1.54) is 0 Å². The highest BCUT2D eigenvalue weighted by Crippen LogP contribution is 2.18. The zero-order valence-electron chi connectivity index (χ0n) is 12.6. The minimum atomic E-state index is -0.0631.